The van der Waals surface area contributed by atoms with E-state index in [4.69, 9.17) is 16.1 Å². The average molecular weight is 366 g/mol. The van der Waals surface area contributed by atoms with E-state index >= 15 is 0 Å². The maximum atomic E-state index is 9.68. The van der Waals surface area contributed by atoms with E-state index in [0.29, 0.717) is 33.2 Å². The number of hydrogen-bond acceptors (Lipinski definition) is 4. The second-order valence-electron chi connectivity index (χ2n) is 4.49. The summed E-state index contributed by atoms with van der Waals surface area (Å²) < 4.78 is 5.84. The molecule has 0 aliphatic heterocycles. The van der Waals surface area contributed by atoms with Gasteiger partial charge in [0.15, 0.2) is 5.82 Å². The minimum atomic E-state index is 0.127. The molecule has 106 valence electrons. The molecule has 1 aromatic heterocycles. The van der Waals surface area contributed by atoms with E-state index in [9.17, 15) is 5.11 Å². The van der Waals surface area contributed by atoms with Crippen molar-refractivity contribution in [2.24, 2.45) is 0 Å². The third-order valence-electron chi connectivity index (χ3n) is 2.91. The number of phenolic OH excluding ortho intramolecular Hbond substituents is 1. The van der Waals surface area contributed by atoms with Gasteiger partial charge in [0.05, 0.1) is 4.47 Å². The lowest BCUT2D eigenvalue weighted by atomic mass is 10.1. The van der Waals surface area contributed by atoms with Gasteiger partial charge in [0.1, 0.15) is 5.75 Å². The van der Waals surface area contributed by atoms with Crippen LogP contribution in [0.3, 0.4) is 0 Å². The molecule has 0 aliphatic carbocycles. The van der Waals surface area contributed by atoms with Crippen LogP contribution in [0.15, 0.2) is 51.5 Å². The van der Waals surface area contributed by atoms with Crippen LogP contribution in [0.4, 0.5) is 0 Å². The summed E-state index contributed by atoms with van der Waals surface area (Å²) >= 11 is 9.18. The van der Waals surface area contributed by atoms with Gasteiger partial charge in [-0.1, -0.05) is 28.9 Å². The summed E-state index contributed by atoms with van der Waals surface area (Å²) in [6.45, 7) is 0. The summed E-state index contributed by atoms with van der Waals surface area (Å²) in [5, 5.41) is 14.3. The molecule has 2 aromatic carbocycles. The Morgan fingerprint density at radius 2 is 2.05 bits per heavy atom. The second-order valence-corrected chi connectivity index (χ2v) is 5.78. The number of halogens is 2. The highest BCUT2D eigenvalue weighted by atomic mass is 79.9. The molecule has 0 fully saturated rings. The number of benzene rings is 2. The Kier molecular flexibility index (Phi) is 3.94. The molecule has 0 amide bonds. The number of nitrogens with zero attached hydrogens (tertiary/aromatic N) is 2. The van der Waals surface area contributed by atoms with Gasteiger partial charge in [0.2, 0.25) is 0 Å². The van der Waals surface area contributed by atoms with Crippen molar-refractivity contribution < 1.29 is 9.63 Å². The van der Waals surface area contributed by atoms with Crippen LogP contribution in [0.5, 0.6) is 5.75 Å². The summed E-state index contributed by atoms with van der Waals surface area (Å²) in [5.41, 5.74) is 1.68. The van der Waals surface area contributed by atoms with Crippen LogP contribution in [0.2, 0.25) is 5.02 Å². The molecule has 4 nitrogen and oxygen atoms in total. The summed E-state index contributed by atoms with van der Waals surface area (Å²) in [4.78, 5) is 4.33. The normalized spacial score (nSPS) is 10.8. The second kappa shape index (κ2) is 5.87. The van der Waals surface area contributed by atoms with Crippen molar-refractivity contribution in [1.82, 2.24) is 10.1 Å². The van der Waals surface area contributed by atoms with Gasteiger partial charge < -0.3 is 9.63 Å². The van der Waals surface area contributed by atoms with Gasteiger partial charge in [0, 0.05) is 17.0 Å². The van der Waals surface area contributed by atoms with E-state index < -0.39 is 0 Å². The first-order chi connectivity index (χ1) is 10.1. The summed E-state index contributed by atoms with van der Waals surface area (Å²) in [6.07, 6.45) is 0.534. The minimum absolute atomic E-state index is 0.127. The first-order valence-corrected chi connectivity index (χ1v) is 7.35. The minimum Gasteiger partial charge on any atom is -0.507 e. The monoisotopic (exact) mass is 364 g/mol. The van der Waals surface area contributed by atoms with Gasteiger partial charge in [-0.2, -0.15) is 4.98 Å². The highest BCUT2D eigenvalue weighted by molar-refractivity contribution is 9.10. The quantitative estimate of drug-likeness (QED) is 0.745. The molecule has 21 heavy (non-hydrogen) atoms. The lowest BCUT2D eigenvalue weighted by Crippen LogP contribution is -1.90. The number of hydrogen-bond donors (Lipinski definition) is 1. The molecule has 1 heterocycles. The van der Waals surface area contributed by atoms with Gasteiger partial charge in [-0.25, -0.2) is 0 Å². The molecule has 3 rings (SSSR count). The fourth-order valence-electron chi connectivity index (χ4n) is 1.92. The Balaban J connectivity index is 1.84. The lowest BCUT2D eigenvalue weighted by Gasteiger charge is -1.98. The first-order valence-electron chi connectivity index (χ1n) is 6.18. The van der Waals surface area contributed by atoms with E-state index in [1.54, 1.807) is 18.2 Å². The Hall–Kier alpha value is -1.85. The molecule has 1 N–H and O–H groups in total. The molecule has 0 radical (unpaired) electrons. The van der Waals surface area contributed by atoms with Crippen LogP contribution >= 0.6 is 27.5 Å². The number of phenols is 1. The molecule has 6 heteroatoms. The first kappa shape index (κ1) is 14.1. The molecule has 0 saturated carbocycles. The van der Waals surface area contributed by atoms with Gasteiger partial charge in [0.25, 0.3) is 5.89 Å². The van der Waals surface area contributed by atoms with Crippen molar-refractivity contribution in [2.75, 3.05) is 0 Å². The van der Waals surface area contributed by atoms with E-state index in [1.165, 1.54) is 0 Å². The SMILES string of the molecule is Oc1cc(-c2nc(Cc3cccc(Cl)c3)no2)ccc1Br. The maximum absolute atomic E-state index is 9.68. The van der Waals surface area contributed by atoms with E-state index in [-0.39, 0.29) is 5.75 Å². The molecule has 0 unspecified atom stereocenters. The fourth-order valence-corrected chi connectivity index (χ4v) is 2.38. The zero-order valence-electron chi connectivity index (χ0n) is 10.8. The van der Waals surface area contributed by atoms with Crippen molar-refractivity contribution in [3.63, 3.8) is 0 Å². The summed E-state index contributed by atoms with van der Waals surface area (Å²) in [5.74, 6) is 1.06. The Labute approximate surface area is 134 Å². The van der Waals surface area contributed by atoms with Gasteiger partial charge in [-0.05, 0) is 51.8 Å². The van der Waals surface area contributed by atoms with Crippen LogP contribution in [0.1, 0.15) is 11.4 Å². The highest BCUT2D eigenvalue weighted by Gasteiger charge is 2.11. The van der Waals surface area contributed by atoms with E-state index in [0.717, 1.165) is 5.56 Å². The van der Waals surface area contributed by atoms with Crippen molar-refractivity contribution in [3.05, 3.63) is 63.3 Å². The van der Waals surface area contributed by atoms with Gasteiger partial charge in [-0.15, -0.1) is 0 Å². The number of rotatable bonds is 3. The molecule has 3 aromatic rings. The summed E-state index contributed by atoms with van der Waals surface area (Å²) in [7, 11) is 0. The van der Waals surface area contributed by atoms with Crippen LogP contribution < -0.4 is 0 Å². The largest absolute Gasteiger partial charge is 0.507 e. The van der Waals surface area contributed by atoms with Crippen LogP contribution in [-0.2, 0) is 6.42 Å². The van der Waals surface area contributed by atoms with Crippen molar-refractivity contribution >= 4 is 27.5 Å². The Morgan fingerprint density at radius 1 is 1.19 bits per heavy atom. The van der Waals surface area contributed by atoms with E-state index in [2.05, 4.69) is 26.1 Å². The van der Waals surface area contributed by atoms with Crippen LogP contribution in [0.25, 0.3) is 11.5 Å². The summed E-state index contributed by atoms with van der Waals surface area (Å²) in [6, 6.07) is 12.6. The van der Waals surface area contributed by atoms with Gasteiger partial charge in [-0.3, -0.25) is 0 Å². The predicted molar refractivity (Wildman–Crippen MR) is 83.4 cm³/mol. The molecule has 0 aliphatic rings. The fraction of sp³-hybridized carbons (Fsp3) is 0.0667. The van der Waals surface area contributed by atoms with Crippen LogP contribution in [-0.4, -0.2) is 15.2 Å². The average Bonchev–Trinajstić information content (AvgIpc) is 2.90. The Morgan fingerprint density at radius 3 is 2.81 bits per heavy atom. The molecular weight excluding hydrogens is 356 g/mol. The highest BCUT2D eigenvalue weighted by Crippen LogP contribution is 2.29. The third kappa shape index (κ3) is 3.25. The smallest absolute Gasteiger partial charge is 0.258 e. The number of aromatic nitrogens is 2. The van der Waals surface area contributed by atoms with Gasteiger partial charge >= 0.3 is 0 Å². The standard InChI is InChI=1S/C15H10BrClN2O2/c16-12-5-4-10(8-13(12)20)15-18-14(19-21-15)7-9-2-1-3-11(17)6-9/h1-6,8,20H,7H2. The maximum Gasteiger partial charge on any atom is 0.258 e. The molecule has 0 atom stereocenters. The molecular formula is C15H10BrClN2O2. The molecule has 0 bridgehead atoms. The van der Waals surface area contributed by atoms with E-state index in [1.807, 2.05) is 24.3 Å². The third-order valence-corrected chi connectivity index (χ3v) is 3.82. The number of aromatic hydroxyl groups is 1. The van der Waals surface area contributed by atoms with Crippen molar-refractivity contribution in [1.29, 1.82) is 0 Å². The Bertz CT molecular complexity index is 789. The lowest BCUT2D eigenvalue weighted by molar-refractivity contribution is 0.423. The zero-order valence-corrected chi connectivity index (χ0v) is 13.1. The predicted octanol–water partition coefficient (Wildman–Crippen LogP) is 4.45. The molecule has 0 saturated heterocycles. The zero-order chi connectivity index (χ0) is 14.8. The topological polar surface area (TPSA) is 59.2 Å². The van der Waals surface area contributed by atoms with Crippen molar-refractivity contribution in [3.8, 4) is 17.2 Å². The molecule has 0 spiro atoms. The van der Waals surface area contributed by atoms with Crippen molar-refractivity contribution in [2.45, 2.75) is 6.42 Å². The van der Waals surface area contributed by atoms with Crippen LogP contribution in [0, 0.1) is 0 Å².